The summed E-state index contributed by atoms with van der Waals surface area (Å²) in [6, 6.07) is 14.9. The van der Waals surface area contributed by atoms with Gasteiger partial charge in [0.2, 0.25) is 5.52 Å². The Labute approximate surface area is 223 Å². The number of aromatic nitrogens is 2. The minimum atomic E-state index is -0.110. The first-order valence-electron chi connectivity index (χ1n) is 11.7. The minimum Gasteiger partial charge on any atom is -1.00 e. The lowest BCUT2D eigenvalue weighted by Gasteiger charge is -2.05. The van der Waals surface area contributed by atoms with E-state index in [-0.39, 0.29) is 29.9 Å². The molecule has 0 radical (unpaired) electrons. The first kappa shape index (κ1) is 28.3. The maximum Gasteiger partial charge on any atom is 0.305 e. The van der Waals surface area contributed by atoms with Crippen molar-refractivity contribution in [3.63, 3.8) is 0 Å². The molecule has 4 aromatic rings. The molecule has 0 aliphatic heterocycles. The number of phenolic OH excluding ortho intramolecular Hbond substituents is 2. The van der Waals surface area contributed by atoms with Crippen LogP contribution in [0.5, 0.6) is 11.5 Å². The summed E-state index contributed by atoms with van der Waals surface area (Å²) in [5, 5.41) is 21.3. The monoisotopic (exact) mass is 588 g/mol. The van der Waals surface area contributed by atoms with Gasteiger partial charge >= 0.3 is 5.97 Å². The van der Waals surface area contributed by atoms with Gasteiger partial charge in [0.05, 0.1) is 17.5 Å². The molecule has 0 saturated heterocycles. The fourth-order valence-corrected chi connectivity index (χ4v) is 4.05. The van der Waals surface area contributed by atoms with Crippen LogP contribution in [-0.2, 0) is 16.1 Å². The second kappa shape index (κ2) is 13.8. The highest BCUT2D eigenvalue weighted by Gasteiger charge is 2.13. The molecule has 6 nitrogen and oxygen atoms in total. The number of fused-ring (bicyclic) bond motifs is 2. The number of rotatable bonds is 7. The van der Waals surface area contributed by atoms with E-state index in [0.29, 0.717) is 24.5 Å². The highest BCUT2D eigenvalue weighted by atomic mass is 127. The average molecular weight is 588 g/mol. The number of phenols is 2. The van der Waals surface area contributed by atoms with E-state index >= 15 is 0 Å². The van der Waals surface area contributed by atoms with Crippen LogP contribution in [0.25, 0.3) is 21.8 Å². The van der Waals surface area contributed by atoms with Gasteiger partial charge in [0.25, 0.3) is 0 Å². The quantitative estimate of drug-likeness (QED) is 0.150. The normalized spacial score (nSPS) is 10.4. The average Bonchev–Trinajstić information content (AvgIpc) is 2.81. The molecule has 0 atom stereocenters. The Balaban J connectivity index is 0.000000280. The van der Waals surface area contributed by atoms with Crippen LogP contribution in [-0.4, -0.2) is 27.8 Å². The number of hydrogen-bond acceptors (Lipinski definition) is 5. The zero-order chi connectivity index (χ0) is 24.5. The van der Waals surface area contributed by atoms with E-state index in [1.54, 1.807) is 24.4 Å². The number of carbonyl (C=O) groups is 1. The predicted molar refractivity (Wildman–Crippen MR) is 134 cm³/mol. The van der Waals surface area contributed by atoms with Crippen LogP contribution in [0.2, 0.25) is 0 Å². The van der Waals surface area contributed by atoms with Gasteiger partial charge in [-0.2, -0.15) is 4.57 Å². The van der Waals surface area contributed by atoms with Crippen LogP contribution in [0.4, 0.5) is 0 Å². The van der Waals surface area contributed by atoms with Gasteiger partial charge in [0.15, 0.2) is 6.20 Å². The Hall–Kier alpha value is -2.94. The zero-order valence-corrected chi connectivity index (χ0v) is 22.7. The Kier molecular flexibility index (Phi) is 11.2. The number of esters is 1. The van der Waals surface area contributed by atoms with E-state index in [1.165, 1.54) is 0 Å². The van der Waals surface area contributed by atoms with Crippen LogP contribution in [0, 0.1) is 13.8 Å². The fourth-order valence-electron chi connectivity index (χ4n) is 4.05. The van der Waals surface area contributed by atoms with E-state index in [4.69, 9.17) is 4.74 Å². The largest absolute Gasteiger partial charge is 1.00 e. The molecule has 186 valence electrons. The van der Waals surface area contributed by atoms with Gasteiger partial charge in [-0.1, -0.05) is 12.1 Å². The van der Waals surface area contributed by atoms with Crippen molar-refractivity contribution in [2.75, 3.05) is 6.61 Å². The molecule has 0 aliphatic carbocycles. The molecular formula is C28H33IN2O4. The first-order chi connectivity index (χ1) is 16.4. The maximum absolute atomic E-state index is 11.3. The summed E-state index contributed by atoms with van der Waals surface area (Å²) in [7, 11) is 0. The number of hydrogen-bond donors (Lipinski definition) is 2. The van der Waals surface area contributed by atoms with Crippen molar-refractivity contribution in [3.05, 3.63) is 72.1 Å². The Morgan fingerprint density at radius 3 is 2.31 bits per heavy atom. The molecule has 0 unspecified atom stereocenters. The second-order valence-electron chi connectivity index (χ2n) is 8.28. The molecule has 0 spiro atoms. The number of pyridine rings is 2. The van der Waals surface area contributed by atoms with E-state index in [1.807, 2.05) is 51.1 Å². The summed E-state index contributed by atoms with van der Waals surface area (Å²) in [6.45, 7) is 7.12. The standard InChI is InChI=1S/C18H23NO3.C10H9NO.HI/c1-3-22-17(21)10-5-4-6-12-19-13-11-14(2)18-15(19)8-7-9-16(18)20;1-7-5-6-11-8-3-2-4-9(12)10(7)8;/h7-9,11,13H,3-6,10,12H2,1-2H3;2-6,12H,1H3;1H. The predicted octanol–water partition coefficient (Wildman–Crippen LogP) is 2.52. The van der Waals surface area contributed by atoms with Crippen LogP contribution in [0.15, 0.2) is 60.9 Å². The lowest BCUT2D eigenvalue weighted by atomic mass is 10.1. The number of halogens is 1. The third-order valence-corrected chi connectivity index (χ3v) is 5.77. The van der Waals surface area contributed by atoms with E-state index in [0.717, 1.165) is 58.7 Å². The third kappa shape index (κ3) is 7.52. The third-order valence-electron chi connectivity index (χ3n) is 5.77. The molecule has 0 amide bonds. The van der Waals surface area contributed by atoms with Gasteiger partial charge in [-0.05, 0) is 69.0 Å². The topological polar surface area (TPSA) is 83.5 Å². The summed E-state index contributed by atoms with van der Waals surface area (Å²) in [5.41, 5.74) is 4.02. The molecule has 35 heavy (non-hydrogen) atoms. The summed E-state index contributed by atoms with van der Waals surface area (Å²) in [4.78, 5) is 15.4. The zero-order valence-electron chi connectivity index (χ0n) is 20.5. The van der Waals surface area contributed by atoms with Gasteiger partial charge < -0.3 is 38.9 Å². The Morgan fingerprint density at radius 1 is 0.914 bits per heavy atom. The number of aromatic hydroxyl groups is 2. The number of aryl methyl sites for hydroxylation is 3. The van der Waals surface area contributed by atoms with Gasteiger partial charge in [-0.15, -0.1) is 0 Å². The molecule has 2 heterocycles. The van der Waals surface area contributed by atoms with E-state index in [2.05, 4.69) is 15.7 Å². The molecule has 2 N–H and O–H groups in total. The summed E-state index contributed by atoms with van der Waals surface area (Å²) >= 11 is 0. The van der Waals surface area contributed by atoms with Crippen LogP contribution < -0.4 is 28.5 Å². The molecule has 0 aliphatic rings. The van der Waals surface area contributed by atoms with Crippen molar-refractivity contribution < 1.29 is 48.3 Å². The number of unbranched alkanes of at least 4 members (excludes halogenated alkanes) is 2. The van der Waals surface area contributed by atoms with Crippen molar-refractivity contribution in [2.24, 2.45) is 0 Å². The first-order valence-corrected chi connectivity index (χ1v) is 11.7. The number of benzene rings is 2. The molecular weight excluding hydrogens is 555 g/mol. The summed E-state index contributed by atoms with van der Waals surface area (Å²) < 4.78 is 7.08. The Bertz CT molecular complexity index is 1230. The molecule has 7 heteroatoms. The lowest BCUT2D eigenvalue weighted by molar-refractivity contribution is -0.671. The van der Waals surface area contributed by atoms with Gasteiger partial charge in [0.1, 0.15) is 18.0 Å². The van der Waals surface area contributed by atoms with E-state index < -0.39 is 0 Å². The fraction of sp³-hybridized carbons (Fsp3) is 0.321. The van der Waals surface area contributed by atoms with Crippen molar-refractivity contribution in [3.8, 4) is 11.5 Å². The highest BCUT2D eigenvalue weighted by Crippen LogP contribution is 2.26. The van der Waals surface area contributed by atoms with Crippen LogP contribution >= 0.6 is 0 Å². The van der Waals surface area contributed by atoms with Crippen molar-refractivity contribution in [2.45, 2.75) is 53.0 Å². The summed E-state index contributed by atoms with van der Waals surface area (Å²) in [6.07, 6.45) is 7.14. The molecule has 2 aromatic heterocycles. The SMILES string of the molecule is CCOC(=O)CCCCC[n+]1ccc(C)c2c(O)cccc21.Cc1ccnc2cccc(O)c12.[I-]. The molecule has 2 aromatic carbocycles. The highest BCUT2D eigenvalue weighted by molar-refractivity contribution is 5.87. The molecule has 0 fully saturated rings. The molecule has 0 saturated carbocycles. The lowest BCUT2D eigenvalue weighted by Crippen LogP contribution is -3.00. The smallest absolute Gasteiger partial charge is 0.305 e. The number of carbonyl (C=O) groups excluding carboxylic acids is 1. The number of ether oxygens (including phenoxy) is 1. The minimum absolute atomic E-state index is 0. The van der Waals surface area contributed by atoms with Crippen molar-refractivity contribution in [1.29, 1.82) is 0 Å². The number of nitrogens with zero attached hydrogens (tertiary/aromatic N) is 2. The molecule has 4 rings (SSSR count). The molecule has 0 bridgehead atoms. The van der Waals surface area contributed by atoms with Crippen LogP contribution in [0.3, 0.4) is 0 Å². The van der Waals surface area contributed by atoms with Gasteiger partial charge in [-0.25, -0.2) is 0 Å². The summed E-state index contributed by atoms with van der Waals surface area (Å²) in [5.74, 6) is 0.519. The van der Waals surface area contributed by atoms with Crippen LogP contribution in [0.1, 0.15) is 43.7 Å². The Morgan fingerprint density at radius 2 is 1.60 bits per heavy atom. The second-order valence-corrected chi connectivity index (χ2v) is 8.28. The van der Waals surface area contributed by atoms with Crippen molar-refractivity contribution >= 4 is 27.8 Å². The van der Waals surface area contributed by atoms with E-state index in [9.17, 15) is 15.0 Å². The van der Waals surface area contributed by atoms with Crippen molar-refractivity contribution in [1.82, 2.24) is 4.98 Å². The maximum atomic E-state index is 11.3. The van der Waals surface area contributed by atoms with Gasteiger partial charge in [0, 0.05) is 36.6 Å². The van der Waals surface area contributed by atoms with Gasteiger partial charge in [-0.3, -0.25) is 9.78 Å².